The fraction of sp³-hybridized carbons (Fsp3) is 0.389. The SMILES string of the molecule is C/C=C/CN(N=C1CCNCC1)c1ccccc1.C=CC. The van der Waals surface area contributed by atoms with Crippen molar-refractivity contribution in [2.45, 2.75) is 26.7 Å². The number of piperidine rings is 1. The van der Waals surface area contributed by atoms with Crippen LogP contribution in [0.3, 0.4) is 0 Å². The Kier molecular flexibility index (Phi) is 8.89. The number of allylic oxidation sites excluding steroid dienone is 2. The molecular formula is C18H27N3. The maximum atomic E-state index is 4.80. The van der Waals surface area contributed by atoms with Crippen LogP contribution in [-0.4, -0.2) is 25.3 Å². The fourth-order valence-electron chi connectivity index (χ4n) is 2.00. The van der Waals surface area contributed by atoms with E-state index in [0.29, 0.717) is 0 Å². The van der Waals surface area contributed by atoms with E-state index in [0.717, 1.165) is 38.2 Å². The lowest BCUT2D eigenvalue weighted by molar-refractivity contribution is 0.666. The van der Waals surface area contributed by atoms with Crippen LogP contribution in [0.4, 0.5) is 5.69 Å². The predicted molar refractivity (Wildman–Crippen MR) is 94.0 cm³/mol. The molecule has 0 unspecified atom stereocenters. The highest BCUT2D eigenvalue weighted by atomic mass is 15.5. The first-order valence-electron chi connectivity index (χ1n) is 7.59. The largest absolute Gasteiger partial charge is 0.316 e. The van der Waals surface area contributed by atoms with E-state index < -0.39 is 0 Å². The maximum Gasteiger partial charge on any atom is 0.0597 e. The Balaban J connectivity index is 0.000000677. The second-order valence-electron chi connectivity index (χ2n) is 4.81. The maximum absolute atomic E-state index is 4.80. The number of hydrogen-bond acceptors (Lipinski definition) is 3. The molecule has 2 rings (SSSR count). The number of para-hydroxylation sites is 1. The predicted octanol–water partition coefficient (Wildman–Crippen LogP) is 4.00. The first-order valence-corrected chi connectivity index (χ1v) is 7.59. The van der Waals surface area contributed by atoms with Crippen molar-refractivity contribution in [1.82, 2.24) is 5.32 Å². The van der Waals surface area contributed by atoms with Gasteiger partial charge >= 0.3 is 0 Å². The monoisotopic (exact) mass is 285 g/mol. The highest BCUT2D eigenvalue weighted by Gasteiger charge is 2.09. The van der Waals surface area contributed by atoms with Crippen molar-refractivity contribution in [2.75, 3.05) is 24.6 Å². The Morgan fingerprint density at radius 3 is 2.38 bits per heavy atom. The van der Waals surface area contributed by atoms with E-state index in [-0.39, 0.29) is 0 Å². The van der Waals surface area contributed by atoms with Crippen LogP contribution in [-0.2, 0) is 0 Å². The zero-order valence-electron chi connectivity index (χ0n) is 13.3. The molecular weight excluding hydrogens is 258 g/mol. The molecule has 0 radical (unpaired) electrons. The van der Waals surface area contributed by atoms with Gasteiger partial charge in [-0.05, 0) is 26.0 Å². The van der Waals surface area contributed by atoms with Crippen molar-refractivity contribution >= 4 is 11.4 Å². The van der Waals surface area contributed by atoms with Crippen molar-refractivity contribution < 1.29 is 0 Å². The van der Waals surface area contributed by atoms with Crippen molar-refractivity contribution in [3.8, 4) is 0 Å². The molecule has 1 saturated heterocycles. The van der Waals surface area contributed by atoms with Gasteiger partial charge in [-0.1, -0.05) is 36.4 Å². The van der Waals surface area contributed by atoms with Crippen molar-refractivity contribution in [2.24, 2.45) is 5.10 Å². The molecule has 1 aliphatic rings. The summed E-state index contributed by atoms with van der Waals surface area (Å²) < 4.78 is 0. The summed E-state index contributed by atoms with van der Waals surface area (Å²) in [5.41, 5.74) is 2.45. The van der Waals surface area contributed by atoms with E-state index in [2.05, 4.69) is 53.3 Å². The van der Waals surface area contributed by atoms with Crippen LogP contribution in [0.5, 0.6) is 0 Å². The van der Waals surface area contributed by atoms with Crippen LogP contribution < -0.4 is 10.3 Å². The van der Waals surface area contributed by atoms with E-state index in [9.17, 15) is 0 Å². The molecule has 1 fully saturated rings. The molecule has 0 bridgehead atoms. The lowest BCUT2D eigenvalue weighted by Gasteiger charge is -2.21. The number of hydrogen-bond donors (Lipinski definition) is 1. The van der Waals surface area contributed by atoms with Gasteiger partial charge in [-0.2, -0.15) is 5.10 Å². The van der Waals surface area contributed by atoms with E-state index in [1.54, 1.807) is 6.08 Å². The molecule has 0 spiro atoms. The standard InChI is InChI=1S/C15H21N3.C3H6/c1-2-3-13-18(15-7-5-4-6-8-15)17-14-9-11-16-12-10-14;1-3-2/h2-8,16H,9-13H2,1H3;3H,1H2,2H3/b3-2+;. The van der Waals surface area contributed by atoms with Crippen LogP contribution >= 0.6 is 0 Å². The minimum absolute atomic E-state index is 0.831. The molecule has 1 aromatic carbocycles. The Labute approximate surface area is 129 Å². The molecule has 21 heavy (non-hydrogen) atoms. The first-order chi connectivity index (χ1) is 10.3. The van der Waals surface area contributed by atoms with Gasteiger partial charge in [0.1, 0.15) is 0 Å². The average Bonchev–Trinajstić information content (AvgIpc) is 2.54. The third-order valence-corrected chi connectivity index (χ3v) is 3.01. The normalized spacial score (nSPS) is 14.3. The minimum atomic E-state index is 0.831. The molecule has 1 aromatic rings. The topological polar surface area (TPSA) is 27.6 Å². The van der Waals surface area contributed by atoms with Crippen LogP contribution in [0, 0.1) is 0 Å². The molecule has 3 heteroatoms. The molecule has 0 aliphatic carbocycles. The average molecular weight is 285 g/mol. The molecule has 1 aliphatic heterocycles. The van der Waals surface area contributed by atoms with Gasteiger partial charge in [0.15, 0.2) is 0 Å². The zero-order valence-corrected chi connectivity index (χ0v) is 13.3. The summed E-state index contributed by atoms with van der Waals surface area (Å²) in [6, 6.07) is 10.4. The number of nitrogens with one attached hydrogen (secondary N) is 1. The molecule has 0 aromatic heterocycles. The van der Waals surface area contributed by atoms with Gasteiger partial charge in [0.25, 0.3) is 0 Å². The smallest absolute Gasteiger partial charge is 0.0597 e. The summed E-state index contributed by atoms with van der Waals surface area (Å²) in [6.07, 6.45) is 8.06. The molecule has 114 valence electrons. The molecule has 0 amide bonds. The number of benzene rings is 1. The van der Waals surface area contributed by atoms with E-state index >= 15 is 0 Å². The second kappa shape index (κ2) is 10.9. The highest BCUT2D eigenvalue weighted by molar-refractivity contribution is 5.86. The van der Waals surface area contributed by atoms with Gasteiger partial charge in [-0.25, -0.2) is 0 Å². The van der Waals surface area contributed by atoms with Gasteiger partial charge in [0, 0.05) is 31.6 Å². The van der Waals surface area contributed by atoms with Crippen molar-refractivity contribution in [3.05, 3.63) is 55.1 Å². The van der Waals surface area contributed by atoms with E-state index in [1.165, 1.54) is 5.71 Å². The Morgan fingerprint density at radius 1 is 1.19 bits per heavy atom. The third kappa shape index (κ3) is 6.91. The van der Waals surface area contributed by atoms with E-state index in [1.807, 2.05) is 19.9 Å². The molecule has 3 nitrogen and oxygen atoms in total. The molecule has 0 atom stereocenters. The number of hydrazone groups is 1. The van der Waals surface area contributed by atoms with Gasteiger partial charge in [0.05, 0.1) is 12.2 Å². The lowest BCUT2D eigenvalue weighted by Crippen LogP contribution is -2.30. The van der Waals surface area contributed by atoms with Gasteiger partial charge < -0.3 is 5.32 Å². The first kappa shape index (κ1) is 17.2. The molecule has 0 saturated carbocycles. The summed E-state index contributed by atoms with van der Waals surface area (Å²) in [5, 5.41) is 10.2. The molecule has 1 heterocycles. The third-order valence-electron chi connectivity index (χ3n) is 3.01. The van der Waals surface area contributed by atoms with Crippen LogP contribution in [0.1, 0.15) is 26.7 Å². The van der Waals surface area contributed by atoms with Gasteiger partial charge in [-0.15, -0.1) is 6.58 Å². The summed E-state index contributed by atoms with van der Waals surface area (Å²) in [4.78, 5) is 0. The highest BCUT2D eigenvalue weighted by Crippen LogP contribution is 2.15. The number of nitrogens with zero attached hydrogens (tertiary/aromatic N) is 2. The number of rotatable bonds is 4. The summed E-state index contributed by atoms with van der Waals surface area (Å²) in [7, 11) is 0. The fourth-order valence-corrected chi connectivity index (χ4v) is 2.00. The van der Waals surface area contributed by atoms with Gasteiger partial charge in [0.2, 0.25) is 0 Å². The minimum Gasteiger partial charge on any atom is -0.316 e. The van der Waals surface area contributed by atoms with Crippen LogP contribution in [0.15, 0.2) is 60.2 Å². The summed E-state index contributed by atoms with van der Waals surface area (Å²) in [5.74, 6) is 0. The van der Waals surface area contributed by atoms with Crippen LogP contribution in [0.2, 0.25) is 0 Å². The lowest BCUT2D eigenvalue weighted by atomic mass is 10.1. The molecule has 1 N–H and O–H groups in total. The Bertz CT molecular complexity index is 441. The van der Waals surface area contributed by atoms with Gasteiger partial charge in [-0.3, -0.25) is 5.01 Å². The zero-order chi connectivity index (χ0) is 15.3. The Hall–Kier alpha value is -1.87. The van der Waals surface area contributed by atoms with E-state index in [4.69, 9.17) is 5.10 Å². The van der Waals surface area contributed by atoms with Crippen molar-refractivity contribution in [3.63, 3.8) is 0 Å². The second-order valence-corrected chi connectivity index (χ2v) is 4.81. The van der Waals surface area contributed by atoms with Crippen LogP contribution in [0.25, 0.3) is 0 Å². The summed E-state index contributed by atoms with van der Waals surface area (Å²) >= 11 is 0. The summed E-state index contributed by atoms with van der Waals surface area (Å²) in [6.45, 7) is 10.2. The quantitative estimate of drug-likeness (QED) is 0.669. The Morgan fingerprint density at radius 2 is 1.81 bits per heavy atom. The number of anilines is 1. The van der Waals surface area contributed by atoms with Crippen molar-refractivity contribution in [1.29, 1.82) is 0 Å².